The highest BCUT2D eigenvalue weighted by Crippen LogP contribution is 2.16. The summed E-state index contributed by atoms with van der Waals surface area (Å²) in [5.41, 5.74) is 2.26. The third-order valence-corrected chi connectivity index (χ3v) is 3.82. The molecule has 0 saturated heterocycles. The predicted octanol–water partition coefficient (Wildman–Crippen LogP) is 3.90. The number of nitrogens with zero attached hydrogens (tertiary/aromatic N) is 2. The van der Waals surface area contributed by atoms with Crippen molar-refractivity contribution in [3.05, 3.63) is 90.0 Å². The molecule has 0 bridgehead atoms. The largest absolute Gasteiger partial charge is 0.346 e. The molecule has 1 N–H and O–H groups in total. The van der Waals surface area contributed by atoms with E-state index < -0.39 is 0 Å². The van der Waals surface area contributed by atoms with Gasteiger partial charge in [0.25, 0.3) is 0 Å². The number of hydrogen-bond acceptors (Lipinski definition) is 2. The molecule has 0 radical (unpaired) electrons. The smallest absolute Gasteiger partial charge is 0.244 e. The SMILES string of the molecule is C[C@H](NC(=O)C=Cc1ccccc1F)c1cccc(-n2cccn2)c1. The highest BCUT2D eigenvalue weighted by Gasteiger charge is 2.09. The van der Waals surface area contributed by atoms with E-state index in [0.717, 1.165) is 11.3 Å². The van der Waals surface area contributed by atoms with E-state index in [4.69, 9.17) is 0 Å². The summed E-state index contributed by atoms with van der Waals surface area (Å²) in [6.45, 7) is 1.90. The summed E-state index contributed by atoms with van der Waals surface area (Å²) in [5.74, 6) is -0.633. The minimum Gasteiger partial charge on any atom is -0.346 e. The summed E-state index contributed by atoms with van der Waals surface area (Å²) in [6.07, 6.45) is 6.38. The summed E-state index contributed by atoms with van der Waals surface area (Å²) in [6, 6.07) is 15.8. The monoisotopic (exact) mass is 335 g/mol. The molecule has 0 fully saturated rings. The molecule has 5 heteroatoms. The minimum atomic E-state index is -0.355. The molecule has 1 aromatic heterocycles. The van der Waals surface area contributed by atoms with Crippen molar-refractivity contribution in [1.82, 2.24) is 15.1 Å². The Bertz CT molecular complexity index is 887. The number of halogens is 1. The first-order valence-electron chi connectivity index (χ1n) is 7.96. The fourth-order valence-electron chi connectivity index (χ4n) is 2.48. The molecule has 0 aliphatic carbocycles. The maximum Gasteiger partial charge on any atom is 0.244 e. The average Bonchev–Trinajstić information content (AvgIpc) is 3.16. The van der Waals surface area contributed by atoms with E-state index in [1.165, 1.54) is 18.2 Å². The number of carbonyl (C=O) groups is 1. The van der Waals surface area contributed by atoms with Crippen LogP contribution >= 0.6 is 0 Å². The maximum atomic E-state index is 13.6. The van der Waals surface area contributed by atoms with E-state index in [9.17, 15) is 9.18 Å². The van der Waals surface area contributed by atoms with E-state index in [0.29, 0.717) is 5.56 Å². The standard InChI is InChI=1S/C20H18FN3O/c1-15(17-7-4-8-18(14-17)24-13-5-12-22-24)23-20(25)11-10-16-6-2-3-9-19(16)21/h2-15H,1H3,(H,23,25)/t15-/m0/s1. The molecule has 0 spiro atoms. The third-order valence-electron chi connectivity index (χ3n) is 3.82. The van der Waals surface area contributed by atoms with Gasteiger partial charge >= 0.3 is 0 Å². The topological polar surface area (TPSA) is 46.9 Å². The van der Waals surface area contributed by atoms with Crippen LogP contribution < -0.4 is 5.32 Å². The van der Waals surface area contributed by atoms with Gasteiger partial charge in [-0.3, -0.25) is 4.79 Å². The Balaban J connectivity index is 1.68. The second-order valence-corrected chi connectivity index (χ2v) is 5.63. The van der Waals surface area contributed by atoms with Gasteiger partial charge in [0, 0.05) is 24.0 Å². The van der Waals surface area contributed by atoms with Crippen LogP contribution in [0.5, 0.6) is 0 Å². The predicted molar refractivity (Wildman–Crippen MR) is 95.6 cm³/mol. The van der Waals surface area contributed by atoms with Gasteiger partial charge in [-0.05, 0) is 42.8 Å². The minimum absolute atomic E-state index is 0.187. The summed E-state index contributed by atoms with van der Waals surface area (Å²) in [7, 11) is 0. The van der Waals surface area contributed by atoms with Gasteiger partial charge in [0.2, 0.25) is 5.91 Å². The lowest BCUT2D eigenvalue weighted by atomic mass is 10.1. The lowest BCUT2D eigenvalue weighted by Crippen LogP contribution is -2.24. The van der Waals surface area contributed by atoms with Crippen molar-refractivity contribution < 1.29 is 9.18 Å². The van der Waals surface area contributed by atoms with Crippen molar-refractivity contribution in [3.8, 4) is 5.69 Å². The van der Waals surface area contributed by atoms with Crippen LogP contribution in [0.3, 0.4) is 0 Å². The summed E-state index contributed by atoms with van der Waals surface area (Å²) < 4.78 is 15.3. The quantitative estimate of drug-likeness (QED) is 0.719. The van der Waals surface area contributed by atoms with Crippen molar-refractivity contribution in [3.63, 3.8) is 0 Å². The van der Waals surface area contributed by atoms with Crippen LogP contribution in [0.4, 0.5) is 4.39 Å². The molecule has 0 saturated carbocycles. The van der Waals surface area contributed by atoms with Gasteiger partial charge in [-0.1, -0.05) is 30.3 Å². The fraction of sp³-hybridized carbons (Fsp3) is 0.100. The molecule has 0 aliphatic heterocycles. The Labute approximate surface area is 145 Å². The second-order valence-electron chi connectivity index (χ2n) is 5.63. The van der Waals surface area contributed by atoms with Crippen LogP contribution in [0.15, 0.2) is 73.1 Å². The van der Waals surface area contributed by atoms with Gasteiger partial charge in [0.1, 0.15) is 5.82 Å². The summed E-state index contributed by atoms with van der Waals surface area (Å²) in [4.78, 5) is 12.1. The molecule has 1 atom stereocenters. The van der Waals surface area contributed by atoms with Gasteiger partial charge in [0.05, 0.1) is 11.7 Å². The van der Waals surface area contributed by atoms with Crippen LogP contribution in [0.2, 0.25) is 0 Å². The summed E-state index contributed by atoms with van der Waals surface area (Å²) >= 11 is 0. The highest BCUT2D eigenvalue weighted by atomic mass is 19.1. The first-order chi connectivity index (χ1) is 12.1. The first kappa shape index (κ1) is 16.6. The molecule has 0 aliphatic rings. The number of aromatic nitrogens is 2. The van der Waals surface area contributed by atoms with Crippen LogP contribution in [-0.4, -0.2) is 15.7 Å². The molecular weight excluding hydrogens is 317 g/mol. The molecule has 1 heterocycles. The van der Waals surface area contributed by atoms with Crippen molar-refractivity contribution in [1.29, 1.82) is 0 Å². The Kier molecular flexibility index (Phi) is 5.04. The average molecular weight is 335 g/mol. The zero-order valence-electron chi connectivity index (χ0n) is 13.8. The molecule has 126 valence electrons. The van der Waals surface area contributed by atoms with Gasteiger partial charge in [-0.2, -0.15) is 5.10 Å². The van der Waals surface area contributed by atoms with Crippen LogP contribution in [-0.2, 0) is 4.79 Å². The van der Waals surface area contributed by atoms with Crippen molar-refractivity contribution in [2.24, 2.45) is 0 Å². The molecule has 3 rings (SSSR count). The molecular formula is C20H18FN3O. The Hall–Kier alpha value is -3.21. The van der Waals surface area contributed by atoms with Gasteiger partial charge in [-0.25, -0.2) is 9.07 Å². The molecule has 0 unspecified atom stereocenters. The number of rotatable bonds is 5. The number of hydrogen-bond donors (Lipinski definition) is 1. The fourth-order valence-corrected chi connectivity index (χ4v) is 2.48. The van der Waals surface area contributed by atoms with Crippen molar-refractivity contribution in [2.45, 2.75) is 13.0 Å². The Morgan fingerprint density at radius 3 is 2.80 bits per heavy atom. The molecule has 25 heavy (non-hydrogen) atoms. The lowest BCUT2D eigenvalue weighted by molar-refractivity contribution is -0.117. The number of amides is 1. The van der Waals surface area contributed by atoms with Gasteiger partial charge < -0.3 is 5.32 Å². The van der Waals surface area contributed by atoms with Crippen LogP contribution in [0.1, 0.15) is 24.1 Å². The van der Waals surface area contributed by atoms with Crippen molar-refractivity contribution >= 4 is 12.0 Å². The van der Waals surface area contributed by atoms with E-state index >= 15 is 0 Å². The molecule has 3 aromatic rings. The maximum absolute atomic E-state index is 13.6. The zero-order valence-corrected chi connectivity index (χ0v) is 13.8. The van der Waals surface area contributed by atoms with E-state index in [1.807, 2.05) is 43.5 Å². The van der Waals surface area contributed by atoms with Crippen LogP contribution in [0, 0.1) is 5.82 Å². The van der Waals surface area contributed by atoms with Gasteiger partial charge in [0.15, 0.2) is 0 Å². The van der Waals surface area contributed by atoms with Gasteiger partial charge in [-0.15, -0.1) is 0 Å². The Morgan fingerprint density at radius 2 is 2.04 bits per heavy atom. The lowest BCUT2D eigenvalue weighted by Gasteiger charge is -2.14. The third kappa shape index (κ3) is 4.20. The number of nitrogens with one attached hydrogen (secondary N) is 1. The van der Waals surface area contributed by atoms with E-state index in [-0.39, 0.29) is 17.8 Å². The molecule has 4 nitrogen and oxygen atoms in total. The highest BCUT2D eigenvalue weighted by molar-refractivity contribution is 5.92. The normalized spacial score (nSPS) is 12.2. The Morgan fingerprint density at radius 1 is 1.20 bits per heavy atom. The molecule has 2 aromatic carbocycles. The number of benzene rings is 2. The molecule has 1 amide bonds. The summed E-state index contributed by atoms with van der Waals surface area (Å²) in [5, 5.41) is 7.08. The van der Waals surface area contributed by atoms with Crippen molar-refractivity contribution in [2.75, 3.05) is 0 Å². The van der Waals surface area contributed by atoms with E-state index in [2.05, 4.69) is 10.4 Å². The zero-order chi connectivity index (χ0) is 17.6. The van der Waals surface area contributed by atoms with Crippen LogP contribution in [0.25, 0.3) is 11.8 Å². The number of carbonyl (C=O) groups excluding carboxylic acids is 1. The van der Waals surface area contributed by atoms with E-state index in [1.54, 1.807) is 29.1 Å². The second kappa shape index (κ2) is 7.57. The first-order valence-corrected chi connectivity index (χ1v) is 7.96.